The van der Waals surface area contributed by atoms with Gasteiger partial charge in [-0.05, 0) is 48.9 Å². The van der Waals surface area contributed by atoms with Crippen molar-refractivity contribution < 1.29 is 16.8 Å². The minimum Gasteiger partial charge on any atom is -0.211 e. The fourth-order valence-corrected chi connectivity index (χ4v) is 5.36. The molecule has 3 rings (SSSR count). The maximum absolute atomic E-state index is 12.4. The largest absolute Gasteiger partial charge is 0.240 e. The summed E-state index contributed by atoms with van der Waals surface area (Å²) in [4.78, 5) is 1.01. The van der Waals surface area contributed by atoms with Crippen LogP contribution in [0.15, 0.2) is 51.6 Å². The number of hydrogen-bond donors (Lipinski definition) is 2. The van der Waals surface area contributed by atoms with Crippen molar-refractivity contribution >= 4 is 31.4 Å². The van der Waals surface area contributed by atoms with E-state index in [9.17, 15) is 16.8 Å². The second-order valence-corrected chi connectivity index (χ2v) is 10.1. The molecule has 2 N–H and O–H groups in total. The lowest BCUT2D eigenvalue weighted by molar-refractivity contribution is 0.579. The van der Waals surface area contributed by atoms with Gasteiger partial charge in [-0.15, -0.1) is 11.3 Å². The van der Waals surface area contributed by atoms with Gasteiger partial charge in [-0.3, -0.25) is 0 Å². The van der Waals surface area contributed by atoms with Gasteiger partial charge in [0.25, 0.3) is 0 Å². The molecule has 2 aromatic rings. The zero-order chi connectivity index (χ0) is 17.2. The first-order valence-electron chi connectivity index (χ1n) is 7.51. The van der Waals surface area contributed by atoms with Crippen molar-refractivity contribution in [2.75, 3.05) is 6.54 Å². The number of sulfonamides is 2. The van der Waals surface area contributed by atoms with Crippen molar-refractivity contribution in [3.63, 3.8) is 0 Å². The van der Waals surface area contributed by atoms with E-state index in [1.807, 2.05) is 17.5 Å². The first-order valence-corrected chi connectivity index (χ1v) is 11.4. The lowest BCUT2D eigenvalue weighted by Crippen LogP contribution is -2.27. The minimum absolute atomic E-state index is 0.0285. The summed E-state index contributed by atoms with van der Waals surface area (Å²) in [5.74, 6) is 0. The van der Waals surface area contributed by atoms with Gasteiger partial charge in [0.15, 0.2) is 0 Å². The fourth-order valence-electron chi connectivity index (χ4n) is 2.14. The Kier molecular flexibility index (Phi) is 5.07. The summed E-state index contributed by atoms with van der Waals surface area (Å²) >= 11 is 1.56. The molecule has 1 aliphatic rings. The molecule has 130 valence electrons. The molecule has 6 nitrogen and oxygen atoms in total. The number of hydrogen-bond acceptors (Lipinski definition) is 5. The predicted molar refractivity (Wildman–Crippen MR) is 93.0 cm³/mol. The number of thiophene rings is 1. The van der Waals surface area contributed by atoms with Crippen molar-refractivity contribution in [3.8, 4) is 0 Å². The van der Waals surface area contributed by atoms with Gasteiger partial charge >= 0.3 is 0 Å². The molecule has 9 heteroatoms. The van der Waals surface area contributed by atoms with Crippen LogP contribution >= 0.6 is 11.3 Å². The van der Waals surface area contributed by atoms with E-state index in [-0.39, 0.29) is 22.4 Å². The Balaban J connectivity index is 1.71. The van der Waals surface area contributed by atoms with Gasteiger partial charge in [0.2, 0.25) is 20.0 Å². The van der Waals surface area contributed by atoms with E-state index in [1.54, 1.807) is 11.3 Å². The Bertz CT molecular complexity index is 902. The summed E-state index contributed by atoms with van der Waals surface area (Å²) in [6, 6.07) is 9.25. The molecule has 1 heterocycles. The summed E-state index contributed by atoms with van der Waals surface area (Å²) in [6.07, 6.45) is 2.24. The van der Waals surface area contributed by atoms with Crippen LogP contribution in [0.3, 0.4) is 0 Å². The summed E-state index contributed by atoms with van der Waals surface area (Å²) in [6.45, 7) is 0.264. The van der Waals surface area contributed by atoms with Gasteiger partial charge in [0.05, 0.1) is 9.79 Å². The first-order chi connectivity index (χ1) is 11.4. The van der Waals surface area contributed by atoms with Crippen LogP contribution in [0.25, 0.3) is 0 Å². The van der Waals surface area contributed by atoms with E-state index in [2.05, 4.69) is 9.44 Å². The van der Waals surface area contributed by atoms with Crippen LogP contribution in [-0.2, 0) is 26.5 Å². The van der Waals surface area contributed by atoms with Crippen LogP contribution in [-0.4, -0.2) is 29.4 Å². The second kappa shape index (κ2) is 6.93. The Hall–Kier alpha value is -1.26. The molecule has 1 aromatic heterocycles. The SMILES string of the molecule is O=S(=O)(NCCc1cccs1)c1cccc(S(=O)(=O)NC2CC2)c1. The van der Waals surface area contributed by atoms with Crippen LogP contribution in [0.5, 0.6) is 0 Å². The van der Waals surface area contributed by atoms with Crippen LogP contribution in [0, 0.1) is 0 Å². The third kappa shape index (κ3) is 4.42. The number of benzene rings is 1. The van der Waals surface area contributed by atoms with E-state index < -0.39 is 20.0 Å². The lowest BCUT2D eigenvalue weighted by atomic mass is 10.3. The standard InChI is InChI=1S/C15H18N2O4S3/c18-23(19,16-9-8-13-3-2-10-22-13)14-4-1-5-15(11-14)24(20,21)17-12-6-7-12/h1-5,10-12,16-17H,6-9H2. The van der Waals surface area contributed by atoms with Crippen LogP contribution in [0.4, 0.5) is 0 Å². The molecular weight excluding hydrogens is 368 g/mol. The molecule has 0 atom stereocenters. The zero-order valence-electron chi connectivity index (χ0n) is 12.8. The molecule has 1 fully saturated rings. The molecule has 1 aromatic carbocycles. The van der Waals surface area contributed by atoms with Crippen molar-refractivity contribution in [3.05, 3.63) is 46.7 Å². The maximum atomic E-state index is 12.4. The molecule has 0 spiro atoms. The topological polar surface area (TPSA) is 92.3 Å². The summed E-state index contributed by atoms with van der Waals surface area (Å²) < 4.78 is 54.2. The van der Waals surface area contributed by atoms with Crippen molar-refractivity contribution in [2.45, 2.75) is 35.1 Å². The fraction of sp³-hybridized carbons (Fsp3) is 0.333. The minimum atomic E-state index is -3.75. The zero-order valence-corrected chi connectivity index (χ0v) is 15.3. The van der Waals surface area contributed by atoms with E-state index in [0.717, 1.165) is 17.7 Å². The molecule has 0 unspecified atom stereocenters. The van der Waals surface area contributed by atoms with Crippen molar-refractivity contribution in [1.82, 2.24) is 9.44 Å². The summed E-state index contributed by atoms with van der Waals surface area (Å²) in [5, 5.41) is 1.94. The molecule has 1 aliphatic carbocycles. The molecule has 24 heavy (non-hydrogen) atoms. The summed E-state index contributed by atoms with van der Waals surface area (Å²) in [7, 11) is -7.42. The smallest absolute Gasteiger partial charge is 0.211 e. The van der Waals surface area contributed by atoms with Gasteiger partial charge in [0, 0.05) is 17.5 Å². The monoisotopic (exact) mass is 386 g/mol. The Morgan fingerprint density at radius 1 is 1.00 bits per heavy atom. The second-order valence-electron chi connectivity index (χ2n) is 5.60. The van der Waals surface area contributed by atoms with E-state index in [0.29, 0.717) is 6.42 Å². The van der Waals surface area contributed by atoms with Gasteiger partial charge < -0.3 is 0 Å². The maximum Gasteiger partial charge on any atom is 0.240 e. The third-order valence-electron chi connectivity index (χ3n) is 3.57. The number of rotatable bonds is 8. The molecule has 1 saturated carbocycles. The highest BCUT2D eigenvalue weighted by Crippen LogP contribution is 2.23. The summed E-state index contributed by atoms with van der Waals surface area (Å²) in [5.41, 5.74) is 0. The molecule has 0 amide bonds. The normalized spacial score (nSPS) is 15.5. The lowest BCUT2D eigenvalue weighted by Gasteiger charge is -2.09. The molecular formula is C15H18N2O4S3. The van der Waals surface area contributed by atoms with Crippen molar-refractivity contribution in [2.24, 2.45) is 0 Å². The average molecular weight is 387 g/mol. The first kappa shape index (κ1) is 17.6. The molecule has 0 aliphatic heterocycles. The van der Waals surface area contributed by atoms with E-state index in [1.165, 1.54) is 24.3 Å². The highest BCUT2D eigenvalue weighted by Gasteiger charge is 2.28. The van der Waals surface area contributed by atoms with E-state index >= 15 is 0 Å². The van der Waals surface area contributed by atoms with E-state index in [4.69, 9.17) is 0 Å². The Labute approximate surface area is 146 Å². The Morgan fingerprint density at radius 2 is 1.71 bits per heavy atom. The van der Waals surface area contributed by atoms with Crippen LogP contribution in [0.2, 0.25) is 0 Å². The molecule has 0 bridgehead atoms. The molecule has 0 saturated heterocycles. The van der Waals surface area contributed by atoms with Crippen LogP contribution < -0.4 is 9.44 Å². The highest BCUT2D eigenvalue weighted by atomic mass is 32.2. The Morgan fingerprint density at radius 3 is 2.33 bits per heavy atom. The predicted octanol–water partition coefficient (Wildman–Crippen LogP) is 1.71. The third-order valence-corrected chi connectivity index (χ3v) is 7.48. The molecule has 0 radical (unpaired) electrons. The average Bonchev–Trinajstić information content (AvgIpc) is 3.18. The van der Waals surface area contributed by atoms with Gasteiger partial charge in [-0.2, -0.15) is 0 Å². The quantitative estimate of drug-likeness (QED) is 0.722. The number of nitrogens with one attached hydrogen (secondary N) is 2. The van der Waals surface area contributed by atoms with Crippen molar-refractivity contribution in [1.29, 1.82) is 0 Å². The van der Waals surface area contributed by atoms with Gasteiger partial charge in [-0.1, -0.05) is 12.1 Å². The van der Waals surface area contributed by atoms with Crippen LogP contribution in [0.1, 0.15) is 17.7 Å². The van der Waals surface area contributed by atoms with Gasteiger partial charge in [0.1, 0.15) is 0 Å². The van der Waals surface area contributed by atoms with Gasteiger partial charge in [-0.25, -0.2) is 26.3 Å². The highest BCUT2D eigenvalue weighted by molar-refractivity contribution is 7.90.